The molecule has 1 N–H and O–H groups in total. The molecule has 0 aliphatic carbocycles. The number of hydrogen-bond donors (Lipinski definition) is 1. The Labute approximate surface area is 93.0 Å². The van der Waals surface area contributed by atoms with Crippen LogP contribution < -0.4 is 0 Å². The number of nitrogens with zero attached hydrogens (tertiary/aromatic N) is 3. The van der Waals surface area contributed by atoms with E-state index in [1.807, 2.05) is 0 Å². The molecule has 0 aliphatic rings. The maximum absolute atomic E-state index is 11.4. The van der Waals surface area contributed by atoms with Crippen LogP contribution in [0, 0.1) is 0 Å². The summed E-state index contributed by atoms with van der Waals surface area (Å²) in [6.45, 7) is 2.06. The fourth-order valence-corrected chi connectivity index (χ4v) is 1.26. The highest BCUT2D eigenvalue weighted by atomic mass is 16.5. The van der Waals surface area contributed by atoms with Crippen LogP contribution in [0.1, 0.15) is 23.1 Å². The van der Waals surface area contributed by atoms with Gasteiger partial charge in [0.15, 0.2) is 5.69 Å². The van der Waals surface area contributed by atoms with Crippen LogP contribution >= 0.6 is 0 Å². The highest BCUT2D eigenvalue weighted by Crippen LogP contribution is 2.09. The minimum Gasteiger partial charge on any atom is -0.464 e. The molecule has 7 heteroatoms. The van der Waals surface area contributed by atoms with E-state index in [1.54, 1.807) is 6.92 Å². The summed E-state index contributed by atoms with van der Waals surface area (Å²) in [5.41, 5.74) is 0.611. The fourth-order valence-electron chi connectivity index (χ4n) is 1.26. The molecule has 1 aromatic heterocycles. The van der Waals surface area contributed by atoms with Gasteiger partial charge < -0.3 is 14.6 Å². The van der Waals surface area contributed by atoms with E-state index in [9.17, 15) is 9.90 Å². The average molecular weight is 229 g/mol. The van der Waals surface area contributed by atoms with Crippen LogP contribution in [0.3, 0.4) is 0 Å². The molecule has 0 fully saturated rings. The summed E-state index contributed by atoms with van der Waals surface area (Å²) < 4.78 is 11.0. The van der Waals surface area contributed by atoms with Gasteiger partial charge in [0.1, 0.15) is 0 Å². The Hall–Kier alpha value is -1.47. The van der Waals surface area contributed by atoms with Gasteiger partial charge in [-0.2, -0.15) is 0 Å². The quantitative estimate of drug-likeness (QED) is 0.691. The third-order valence-electron chi connectivity index (χ3n) is 1.93. The van der Waals surface area contributed by atoms with E-state index in [1.165, 1.54) is 18.9 Å². The van der Waals surface area contributed by atoms with Crippen molar-refractivity contribution in [1.29, 1.82) is 0 Å². The normalized spacial score (nSPS) is 12.5. The van der Waals surface area contributed by atoms with Crippen molar-refractivity contribution in [3.63, 3.8) is 0 Å². The van der Waals surface area contributed by atoms with Gasteiger partial charge in [0, 0.05) is 7.11 Å². The summed E-state index contributed by atoms with van der Waals surface area (Å²) in [4.78, 5) is 11.4. The summed E-state index contributed by atoms with van der Waals surface area (Å²) >= 11 is 0. The van der Waals surface area contributed by atoms with E-state index in [-0.39, 0.29) is 18.8 Å². The molecule has 0 aliphatic heterocycles. The van der Waals surface area contributed by atoms with Crippen molar-refractivity contribution in [2.75, 3.05) is 14.2 Å². The number of aliphatic hydroxyl groups excluding tert-OH is 1. The number of esters is 1. The van der Waals surface area contributed by atoms with Gasteiger partial charge >= 0.3 is 5.97 Å². The number of hydrogen-bond acceptors (Lipinski definition) is 6. The number of carbonyl (C=O) groups is 1. The van der Waals surface area contributed by atoms with Gasteiger partial charge in [-0.05, 0) is 6.92 Å². The Bertz CT molecular complexity index is 362. The third kappa shape index (κ3) is 2.77. The fraction of sp³-hybridized carbons (Fsp3) is 0.667. The second-order valence-corrected chi connectivity index (χ2v) is 3.34. The van der Waals surface area contributed by atoms with E-state index in [2.05, 4.69) is 15.0 Å². The Kier molecular flexibility index (Phi) is 4.39. The second-order valence-electron chi connectivity index (χ2n) is 3.34. The standard InChI is InChI=1S/C9H15N3O4/c1-6(13)4-12-7(5-15-2)8(10-11-12)9(14)16-3/h6,13H,4-5H2,1-3H3. The van der Waals surface area contributed by atoms with Crippen molar-refractivity contribution in [2.24, 2.45) is 0 Å². The van der Waals surface area contributed by atoms with Crippen LogP contribution in [0.2, 0.25) is 0 Å². The van der Waals surface area contributed by atoms with Crippen LogP contribution in [-0.2, 0) is 22.6 Å². The number of methoxy groups -OCH3 is 2. The van der Waals surface area contributed by atoms with E-state index >= 15 is 0 Å². The predicted octanol–water partition coefficient (Wildman–Crippen LogP) is -0.408. The first-order chi connectivity index (χ1) is 7.60. The van der Waals surface area contributed by atoms with Gasteiger partial charge in [0.25, 0.3) is 0 Å². The second kappa shape index (κ2) is 5.57. The minimum absolute atomic E-state index is 0.116. The molecule has 90 valence electrons. The lowest BCUT2D eigenvalue weighted by atomic mass is 10.3. The van der Waals surface area contributed by atoms with Crippen LogP contribution in [0.15, 0.2) is 0 Å². The summed E-state index contributed by atoms with van der Waals surface area (Å²) in [5, 5.41) is 16.7. The first-order valence-electron chi connectivity index (χ1n) is 4.77. The first-order valence-corrected chi connectivity index (χ1v) is 4.77. The monoisotopic (exact) mass is 229 g/mol. The largest absolute Gasteiger partial charge is 0.464 e. The molecule has 0 saturated heterocycles. The topological polar surface area (TPSA) is 86.5 Å². The average Bonchev–Trinajstić information content (AvgIpc) is 2.61. The molecular weight excluding hydrogens is 214 g/mol. The van der Waals surface area contributed by atoms with E-state index in [0.717, 1.165) is 0 Å². The van der Waals surface area contributed by atoms with Crippen molar-refractivity contribution in [2.45, 2.75) is 26.2 Å². The minimum atomic E-state index is -0.581. The smallest absolute Gasteiger partial charge is 0.360 e. The van der Waals surface area contributed by atoms with Gasteiger partial charge in [-0.25, -0.2) is 9.48 Å². The summed E-state index contributed by atoms with van der Waals surface area (Å²) in [5.74, 6) is -0.566. The zero-order chi connectivity index (χ0) is 12.1. The molecule has 1 atom stereocenters. The predicted molar refractivity (Wildman–Crippen MR) is 53.8 cm³/mol. The van der Waals surface area contributed by atoms with Crippen LogP contribution in [0.5, 0.6) is 0 Å². The maximum atomic E-state index is 11.4. The number of aromatic nitrogens is 3. The van der Waals surface area contributed by atoms with Crippen molar-refractivity contribution >= 4 is 5.97 Å². The Balaban J connectivity index is 3.01. The molecule has 16 heavy (non-hydrogen) atoms. The third-order valence-corrected chi connectivity index (χ3v) is 1.93. The summed E-state index contributed by atoms with van der Waals surface area (Å²) in [6.07, 6.45) is -0.581. The van der Waals surface area contributed by atoms with Gasteiger partial charge in [0.05, 0.1) is 32.1 Å². The highest BCUT2D eigenvalue weighted by Gasteiger charge is 2.20. The van der Waals surface area contributed by atoms with E-state index < -0.39 is 12.1 Å². The Morgan fingerprint density at radius 1 is 1.56 bits per heavy atom. The van der Waals surface area contributed by atoms with Gasteiger partial charge in [-0.15, -0.1) is 5.10 Å². The molecule has 1 unspecified atom stereocenters. The van der Waals surface area contributed by atoms with Crippen LogP contribution in [0.25, 0.3) is 0 Å². The number of rotatable bonds is 5. The molecule has 1 aromatic rings. The van der Waals surface area contributed by atoms with E-state index in [0.29, 0.717) is 5.69 Å². The van der Waals surface area contributed by atoms with Crippen LogP contribution in [-0.4, -0.2) is 46.4 Å². The van der Waals surface area contributed by atoms with E-state index in [4.69, 9.17) is 4.74 Å². The lowest BCUT2D eigenvalue weighted by molar-refractivity contribution is 0.0587. The Morgan fingerprint density at radius 2 is 2.25 bits per heavy atom. The molecule has 0 bridgehead atoms. The van der Waals surface area contributed by atoms with Gasteiger partial charge in [-0.1, -0.05) is 5.21 Å². The lowest BCUT2D eigenvalue weighted by Gasteiger charge is -2.08. The highest BCUT2D eigenvalue weighted by molar-refractivity contribution is 5.88. The first kappa shape index (κ1) is 12.6. The number of aliphatic hydroxyl groups is 1. The summed E-state index contributed by atoms with van der Waals surface area (Å²) in [7, 11) is 2.77. The molecule has 0 saturated carbocycles. The zero-order valence-corrected chi connectivity index (χ0v) is 9.51. The lowest BCUT2D eigenvalue weighted by Crippen LogP contribution is -2.17. The van der Waals surface area contributed by atoms with Gasteiger partial charge in [0.2, 0.25) is 0 Å². The summed E-state index contributed by atoms with van der Waals surface area (Å²) in [6, 6.07) is 0. The maximum Gasteiger partial charge on any atom is 0.360 e. The molecule has 1 heterocycles. The van der Waals surface area contributed by atoms with Crippen molar-refractivity contribution < 1.29 is 19.4 Å². The molecule has 0 amide bonds. The molecule has 0 spiro atoms. The van der Waals surface area contributed by atoms with Crippen molar-refractivity contribution in [3.8, 4) is 0 Å². The van der Waals surface area contributed by atoms with Crippen LogP contribution in [0.4, 0.5) is 0 Å². The molecular formula is C9H15N3O4. The molecule has 0 aromatic carbocycles. The van der Waals surface area contributed by atoms with Crippen molar-refractivity contribution in [1.82, 2.24) is 15.0 Å². The molecule has 7 nitrogen and oxygen atoms in total. The van der Waals surface area contributed by atoms with Crippen molar-refractivity contribution in [3.05, 3.63) is 11.4 Å². The number of carbonyl (C=O) groups excluding carboxylic acids is 1. The Morgan fingerprint density at radius 3 is 2.75 bits per heavy atom. The van der Waals surface area contributed by atoms with Gasteiger partial charge in [-0.3, -0.25) is 0 Å². The zero-order valence-electron chi connectivity index (χ0n) is 9.51. The molecule has 1 rings (SSSR count). The SMILES string of the molecule is COCc1c(C(=O)OC)nnn1CC(C)O. The number of ether oxygens (including phenoxy) is 2. The molecule has 0 radical (unpaired) electrons.